The van der Waals surface area contributed by atoms with Crippen LogP contribution in [-0.2, 0) is 11.2 Å². The molecule has 0 bridgehead atoms. The summed E-state index contributed by atoms with van der Waals surface area (Å²) >= 11 is 1.37. The van der Waals surface area contributed by atoms with Gasteiger partial charge in [0.15, 0.2) is 5.75 Å². The number of aliphatic carboxylic acids is 1. The van der Waals surface area contributed by atoms with Crippen molar-refractivity contribution in [3.8, 4) is 10.8 Å². The number of carboxylic acids is 1. The number of carboxylic acid groups (broad SMARTS) is 1. The number of rotatable bonds is 2. The molecular weight excluding hydrogens is 180 g/mol. The van der Waals surface area contributed by atoms with E-state index in [0.29, 0.717) is 16.4 Å². The van der Waals surface area contributed by atoms with Crippen molar-refractivity contribution < 1.29 is 19.4 Å². The van der Waals surface area contributed by atoms with Gasteiger partial charge < -0.3 is 14.6 Å². The monoisotopic (exact) mass is 186 g/mol. The molecule has 1 aromatic heterocycles. The summed E-state index contributed by atoms with van der Waals surface area (Å²) in [4.78, 5) is 10.4. The van der Waals surface area contributed by atoms with Gasteiger partial charge in [0.25, 0.3) is 0 Å². The molecule has 0 spiro atoms. The van der Waals surface area contributed by atoms with Crippen LogP contribution in [0.3, 0.4) is 0 Å². The summed E-state index contributed by atoms with van der Waals surface area (Å²) < 4.78 is 10.2. The smallest absolute Gasteiger partial charge is 0.307 e. The predicted molar refractivity (Wildman–Crippen MR) is 41.8 cm³/mol. The van der Waals surface area contributed by atoms with Gasteiger partial charge in [0.05, 0.1) is 6.42 Å². The van der Waals surface area contributed by atoms with Crippen LogP contribution in [0.4, 0.5) is 0 Å². The summed E-state index contributed by atoms with van der Waals surface area (Å²) in [5.74, 6) is -0.256. The predicted octanol–water partition coefficient (Wildman–Crippen LogP) is 1.10. The Morgan fingerprint density at radius 1 is 1.67 bits per heavy atom. The Bertz CT molecular complexity index is 317. The van der Waals surface area contributed by atoms with Crippen LogP contribution in [-0.4, -0.2) is 17.9 Å². The van der Waals surface area contributed by atoms with Crippen LogP contribution in [0, 0.1) is 0 Å². The van der Waals surface area contributed by atoms with Crippen molar-refractivity contribution >= 4 is 17.3 Å². The van der Waals surface area contributed by atoms with Crippen LogP contribution in [0.15, 0.2) is 5.38 Å². The zero-order valence-electron chi connectivity index (χ0n) is 6.07. The Balaban J connectivity index is 2.27. The van der Waals surface area contributed by atoms with E-state index >= 15 is 0 Å². The first-order valence-corrected chi connectivity index (χ1v) is 4.23. The van der Waals surface area contributed by atoms with Gasteiger partial charge >= 0.3 is 5.97 Å². The first-order valence-electron chi connectivity index (χ1n) is 3.35. The molecule has 2 heterocycles. The van der Waals surface area contributed by atoms with E-state index in [-0.39, 0.29) is 13.2 Å². The summed E-state index contributed by atoms with van der Waals surface area (Å²) in [6.07, 6.45) is -0.00477. The highest BCUT2D eigenvalue weighted by atomic mass is 32.1. The Labute approximate surface area is 72.3 Å². The third kappa shape index (κ3) is 1.12. The highest BCUT2D eigenvalue weighted by Gasteiger charge is 2.21. The number of hydrogen-bond acceptors (Lipinski definition) is 4. The second kappa shape index (κ2) is 2.67. The van der Waals surface area contributed by atoms with Crippen LogP contribution < -0.4 is 9.47 Å². The number of ether oxygens (including phenoxy) is 2. The zero-order chi connectivity index (χ0) is 8.55. The fourth-order valence-electron chi connectivity index (χ4n) is 1.04. The molecule has 0 saturated carbocycles. The van der Waals surface area contributed by atoms with Crippen molar-refractivity contribution in [3.05, 3.63) is 10.9 Å². The summed E-state index contributed by atoms with van der Waals surface area (Å²) in [7, 11) is 0. The SMILES string of the molecule is O=C(O)Cc1csc2c1OCO2. The third-order valence-electron chi connectivity index (χ3n) is 1.52. The van der Waals surface area contributed by atoms with E-state index in [2.05, 4.69) is 0 Å². The second-order valence-corrected chi connectivity index (χ2v) is 3.20. The molecule has 4 nitrogen and oxygen atoms in total. The van der Waals surface area contributed by atoms with Gasteiger partial charge in [0, 0.05) is 10.9 Å². The number of fused-ring (bicyclic) bond motifs is 1. The van der Waals surface area contributed by atoms with E-state index in [1.165, 1.54) is 11.3 Å². The molecule has 2 rings (SSSR count). The van der Waals surface area contributed by atoms with Gasteiger partial charge in [-0.05, 0) is 0 Å². The maximum absolute atomic E-state index is 10.4. The lowest BCUT2D eigenvalue weighted by molar-refractivity contribution is -0.136. The molecule has 0 saturated heterocycles. The number of hydrogen-bond donors (Lipinski definition) is 1. The van der Waals surface area contributed by atoms with Crippen molar-refractivity contribution in [1.82, 2.24) is 0 Å². The molecule has 0 fully saturated rings. The Kier molecular flexibility index (Phi) is 1.65. The quantitative estimate of drug-likeness (QED) is 0.751. The molecule has 1 N–H and O–H groups in total. The van der Waals surface area contributed by atoms with E-state index in [9.17, 15) is 4.79 Å². The molecule has 1 aromatic rings. The fraction of sp³-hybridized carbons (Fsp3) is 0.286. The number of thiophene rings is 1. The van der Waals surface area contributed by atoms with Gasteiger partial charge in [-0.1, -0.05) is 0 Å². The molecule has 0 radical (unpaired) electrons. The largest absolute Gasteiger partial charge is 0.481 e. The first kappa shape index (κ1) is 7.42. The second-order valence-electron chi connectivity index (χ2n) is 2.35. The maximum Gasteiger partial charge on any atom is 0.307 e. The van der Waals surface area contributed by atoms with Crippen LogP contribution >= 0.6 is 11.3 Å². The van der Waals surface area contributed by atoms with Crippen LogP contribution in [0.1, 0.15) is 5.56 Å². The van der Waals surface area contributed by atoms with Crippen LogP contribution in [0.5, 0.6) is 10.8 Å². The molecule has 0 aliphatic carbocycles. The molecule has 12 heavy (non-hydrogen) atoms. The Morgan fingerprint density at radius 3 is 3.25 bits per heavy atom. The lowest BCUT2D eigenvalue weighted by atomic mass is 10.2. The van der Waals surface area contributed by atoms with E-state index in [0.717, 1.165) is 0 Å². The molecule has 0 unspecified atom stereocenters. The average molecular weight is 186 g/mol. The molecular formula is C7H6O4S. The average Bonchev–Trinajstić information content (AvgIpc) is 2.52. The van der Waals surface area contributed by atoms with Crippen LogP contribution in [0.2, 0.25) is 0 Å². The molecule has 0 aromatic carbocycles. The zero-order valence-corrected chi connectivity index (χ0v) is 6.89. The maximum atomic E-state index is 10.4. The Hall–Kier alpha value is -1.23. The minimum atomic E-state index is -0.855. The van der Waals surface area contributed by atoms with Crippen molar-refractivity contribution in [2.24, 2.45) is 0 Å². The van der Waals surface area contributed by atoms with E-state index in [1.54, 1.807) is 5.38 Å². The Morgan fingerprint density at radius 2 is 2.50 bits per heavy atom. The summed E-state index contributed by atoms with van der Waals surface area (Å²) in [5.41, 5.74) is 0.694. The summed E-state index contributed by atoms with van der Waals surface area (Å²) in [5, 5.41) is 11.0. The molecule has 5 heteroatoms. The molecule has 0 atom stereocenters. The third-order valence-corrected chi connectivity index (χ3v) is 2.44. The van der Waals surface area contributed by atoms with Crippen molar-refractivity contribution in [2.75, 3.05) is 6.79 Å². The molecule has 1 aliphatic heterocycles. The van der Waals surface area contributed by atoms with Gasteiger partial charge in [-0.2, -0.15) is 0 Å². The summed E-state index contributed by atoms with van der Waals surface area (Å²) in [6.45, 7) is 0.203. The van der Waals surface area contributed by atoms with Gasteiger partial charge in [-0.15, -0.1) is 11.3 Å². The normalized spacial score (nSPS) is 13.3. The van der Waals surface area contributed by atoms with E-state index in [4.69, 9.17) is 14.6 Å². The highest BCUT2D eigenvalue weighted by molar-refractivity contribution is 7.12. The summed E-state index contributed by atoms with van der Waals surface area (Å²) in [6, 6.07) is 0. The van der Waals surface area contributed by atoms with Gasteiger partial charge in [-0.25, -0.2) is 0 Å². The van der Waals surface area contributed by atoms with Crippen molar-refractivity contribution in [1.29, 1.82) is 0 Å². The minimum absolute atomic E-state index is 0.00477. The van der Waals surface area contributed by atoms with Gasteiger partial charge in [0.2, 0.25) is 11.9 Å². The minimum Gasteiger partial charge on any atom is -0.481 e. The standard InChI is InChI=1S/C7H6O4S/c8-5(9)1-4-2-12-7-6(4)10-3-11-7/h2H,1,3H2,(H,8,9). The van der Waals surface area contributed by atoms with Crippen molar-refractivity contribution in [2.45, 2.75) is 6.42 Å². The number of carbonyl (C=O) groups is 1. The van der Waals surface area contributed by atoms with Gasteiger partial charge in [0.1, 0.15) is 0 Å². The lowest BCUT2D eigenvalue weighted by Gasteiger charge is -1.94. The lowest BCUT2D eigenvalue weighted by Crippen LogP contribution is -2.01. The van der Waals surface area contributed by atoms with Gasteiger partial charge in [-0.3, -0.25) is 4.79 Å². The van der Waals surface area contributed by atoms with E-state index < -0.39 is 5.97 Å². The molecule has 64 valence electrons. The topological polar surface area (TPSA) is 55.8 Å². The highest BCUT2D eigenvalue weighted by Crippen LogP contribution is 2.41. The van der Waals surface area contributed by atoms with Crippen molar-refractivity contribution in [3.63, 3.8) is 0 Å². The fourth-order valence-corrected chi connectivity index (χ4v) is 1.89. The molecule has 1 aliphatic rings. The first-order chi connectivity index (χ1) is 5.77. The van der Waals surface area contributed by atoms with E-state index in [1.807, 2.05) is 0 Å². The molecule has 0 amide bonds. The van der Waals surface area contributed by atoms with Crippen LogP contribution in [0.25, 0.3) is 0 Å².